The third-order valence-corrected chi connectivity index (χ3v) is 4.79. The van der Waals surface area contributed by atoms with E-state index in [2.05, 4.69) is 64.8 Å². The number of aromatic nitrogens is 1. The number of rotatable bonds is 6. The van der Waals surface area contributed by atoms with Gasteiger partial charge in [-0.2, -0.15) is 0 Å². The molecular weight excluding hydrogens is 308 g/mol. The average Bonchev–Trinajstić information content (AvgIpc) is 2.62. The van der Waals surface area contributed by atoms with Crippen LogP contribution in [0.2, 0.25) is 0 Å². The van der Waals surface area contributed by atoms with Crippen molar-refractivity contribution in [3.8, 4) is 0 Å². The van der Waals surface area contributed by atoms with Crippen molar-refractivity contribution in [2.45, 2.75) is 19.3 Å². The number of likely N-dealkylation sites (N-methyl/N-ethyl adjacent to an activating group) is 1. The molecule has 132 valence electrons. The number of piperazine rings is 1. The van der Waals surface area contributed by atoms with Crippen LogP contribution in [0.3, 0.4) is 0 Å². The molecule has 3 rings (SSSR count). The van der Waals surface area contributed by atoms with E-state index in [1.807, 2.05) is 6.20 Å². The van der Waals surface area contributed by atoms with E-state index >= 15 is 0 Å². The number of hydrogen-bond acceptors (Lipinski definition) is 4. The van der Waals surface area contributed by atoms with Crippen molar-refractivity contribution >= 4 is 5.82 Å². The lowest BCUT2D eigenvalue weighted by atomic mass is 10.0. The second-order valence-electron chi connectivity index (χ2n) is 6.97. The Hall–Kier alpha value is -2.33. The molecule has 2 heterocycles. The van der Waals surface area contributed by atoms with Crippen molar-refractivity contribution in [2.75, 3.05) is 38.1 Å². The number of aryl methyl sites for hydroxylation is 2. The van der Waals surface area contributed by atoms with Gasteiger partial charge in [-0.15, -0.1) is 0 Å². The molecule has 1 aromatic carbocycles. The summed E-state index contributed by atoms with van der Waals surface area (Å²) >= 11 is 0. The zero-order chi connectivity index (χ0) is 17.6. The fourth-order valence-electron chi connectivity index (χ4n) is 3.16. The summed E-state index contributed by atoms with van der Waals surface area (Å²) in [6.45, 7) is 8.09. The predicted octanol–water partition coefficient (Wildman–Crippen LogP) is 2.63. The van der Waals surface area contributed by atoms with Gasteiger partial charge < -0.3 is 15.5 Å². The van der Waals surface area contributed by atoms with E-state index in [-0.39, 0.29) is 0 Å². The van der Waals surface area contributed by atoms with Gasteiger partial charge in [0, 0.05) is 44.5 Å². The third-order valence-electron chi connectivity index (χ3n) is 4.79. The van der Waals surface area contributed by atoms with Crippen molar-refractivity contribution in [3.63, 3.8) is 0 Å². The van der Waals surface area contributed by atoms with Gasteiger partial charge in [0.1, 0.15) is 5.82 Å². The van der Waals surface area contributed by atoms with E-state index in [4.69, 9.17) is 5.73 Å². The van der Waals surface area contributed by atoms with Gasteiger partial charge >= 0.3 is 0 Å². The molecular formula is C21H28N4. The number of hydrogen-bond donors (Lipinski definition) is 1. The van der Waals surface area contributed by atoms with Crippen molar-refractivity contribution in [1.82, 2.24) is 9.88 Å². The standard InChI is InChI=1S/C21H28N4/c1-17(22)15-19-6-3-18(4-7-19)5-8-20-9-10-21(23-16-20)25-13-11-24(2)12-14-25/h3-4,6-7,9-10,16H,1,5,8,11-15,22H2,2H3. The first-order valence-electron chi connectivity index (χ1n) is 8.99. The highest BCUT2D eigenvalue weighted by molar-refractivity contribution is 5.40. The summed E-state index contributed by atoms with van der Waals surface area (Å²) in [5.41, 5.74) is 10.2. The molecule has 1 aliphatic rings. The Morgan fingerprint density at radius 1 is 0.960 bits per heavy atom. The van der Waals surface area contributed by atoms with Crippen LogP contribution in [0.4, 0.5) is 5.82 Å². The summed E-state index contributed by atoms with van der Waals surface area (Å²) in [5.74, 6) is 1.10. The largest absolute Gasteiger partial charge is 0.402 e. The topological polar surface area (TPSA) is 45.4 Å². The van der Waals surface area contributed by atoms with Crippen molar-refractivity contribution < 1.29 is 0 Å². The van der Waals surface area contributed by atoms with Gasteiger partial charge in [0.15, 0.2) is 0 Å². The number of allylic oxidation sites excluding steroid dienone is 1. The Labute approximate surface area is 151 Å². The average molecular weight is 336 g/mol. The minimum absolute atomic E-state index is 0.708. The van der Waals surface area contributed by atoms with E-state index < -0.39 is 0 Å². The number of nitrogens with two attached hydrogens (primary N) is 1. The Balaban J connectivity index is 1.52. The second kappa shape index (κ2) is 8.17. The Bertz CT molecular complexity index is 683. The van der Waals surface area contributed by atoms with Crippen LogP contribution in [0.5, 0.6) is 0 Å². The summed E-state index contributed by atoms with van der Waals surface area (Å²) in [5, 5.41) is 0. The fraction of sp³-hybridized carbons (Fsp3) is 0.381. The zero-order valence-electron chi connectivity index (χ0n) is 15.1. The maximum Gasteiger partial charge on any atom is 0.128 e. The molecule has 2 N–H and O–H groups in total. The highest BCUT2D eigenvalue weighted by Gasteiger charge is 2.14. The van der Waals surface area contributed by atoms with Gasteiger partial charge in [0.25, 0.3) is 0 Å². The van der Waals surface area contributed by atoms with Crippen LogP contribution in [0.25, 0.3) is 0 Å². The number of pyridine rings is 1. The van der Waals surface area contributed by atoms with Gasteiger partial charge in [-0.05, 0) is 42.6 Å². The second-order valence-corrected chi connectivity index (χ2v) is 6.97. The van der Waals surface area contributed by atoms with E-state index in [9.17, 15) is 0 Å². The number of anilines is 1. The number of benzene rings is 1. The molecule has 25 heavy (non-hydrogen) atoms. The molecule has 4 nitrogen and oxygen atoms in total. The monoisotopic (exact) mass is 336 g/mol. The molecule has 0 saturated carbocycles. The van der Waals surface area contributed by atoms with Crippen LogP contribution in [-0.2, 0) is 19.3 Å². The molecule has 1 aliphatic heterocycles. The minimum Gasteiger partial charge on any atom is -0.402 e. The maximum absolute atomic E-state index is 5.66. The lowest BCUT2D eigenvalue weighted by Crippen LogP contribution is -2.44. The van der Waals surface area contributed by atoms with Crippen LogP contribution >= 0.6 is 0 Å². The van der Waals surface area contributed by atoms with Crippen LogP contribution in [0.1, 0.15) is 16.7 Å². The molecule has 2 aromatic rings. The van der Waals surface area contributed by atoms with Gasteiger partial charge in [0.05, 0.1) is 0 Å². The molecule has 0 atom stereocenters. The minimum atomic E-state index is 0.708. The zero-order valence-corrected chi connectivity index (χ0v) is 15.1. The van der Waals surface area contributed by atoms with E-state index in [1.54, 1.807) is 0 Å². The van der Waals surface area contributed by atoms with Gasteiger partial charge in [0.2, 0.25) is 0 Å². The van der Waals surface area contributed by atoms with Crippen LogP contribution in [-0.4, -0.2) is 43.1 Å². The molecule has 4 heteroatoms. The molecule has 1 fully saturated rings. The van der Waals surface area contributed by atoms with Crippen LogP contribution in [0, 0.1) is 0 Å². The molecule has 0 unspecified atom stereocenters. The quantitative estimate of drug-likeness (QED) is 0.881. The predicted molar refractivity (Wildman–Crippen MR) is 105 cm³/mol. The van der Waals surface area contributed by atoms with Crippen LogP contribution < -0.4 is 10.6 Å². The maximum atomic E-state index is 5.66. The summed E-state index contributed by atoms with van der Waals surface area (Å²) in [6.07, 6.45) is 4.82. The normalized spacial score (nSPS) is 15.3. The highest BCUT2D eigenvalue weighted by atomic mass is 15.3. The van der Waals surface area contributed by atoms with E-state index in [0.29, 0.717) is 5.70 Å². The lowest BCUT2D eigenvalue weighted by Gasteiger charge is -2.33. The third kappa shape index (κ3) is 5.07. The van der Waals surface area contributed by atoms with Crippen LogP contribution in [0.15, 0.2) is 54.9 Å². The molecule has 0 radical (unpaired) electrons. The van der Waals surface area contributed by atoms with E-state index in [0.717, 1.165) is 51.3 Å². The molecule has 0 spiro atoms. The molecule has 0 aliphatic carbocycles. The highest BCUT2D eigenvalue weighted by Crippen LogP contribution is 2.15. The SMILES string of the molecule is C=C(N)Cc1ccc(CCc2ccc(N3CCN(C)CC3)nc2)cc1. The van der Waals surface area contributed by atoms with Crippen molar-refractivity contribution in [3.05, 3.63) is 71.6 Å². The molecule has 0 amide bonds. The molecule has 1 aromatic heterocycles. The smallest absolute Gasteiger partial charge is 0.128 e. The van der Waals surface area contributed by atoms with Crippen molar-refractivity contribution in [1.29, 1.82) is 0 Å². The summed E-state index contributed by atoms with van der Waals surface area (Å²) in [6, 6.07) is 13.0. The Morgan fingerprint density at radius 2 is 1.56 bits per heavy atom. The first-order chi connectivity index (χ1) is 12.1. The Kier molecular flexibility index (Phi) is 5.71. The fourth-order valence-corrected chi connectivity index (χ4v) is 3.16. The van der Waals surface area contributed by atoms with E-state index in [1.165, 1.54) is 16.7 Å². The summed E-state index contributed by atoms with van der Waals surface area (Å²) in [4.78, 5) is 9.40. The number of nitrogens with zero attached hydrogens (tertiary/aromatic N) is 3. The first-order valence-corrected chi connectivity index (χ1v) is 8.99. The molecule has 0 bridgehead atoms. The van der Waals surface area contributed by atoms with Gasteiger partial charge in [-0.25, -0.2) is 4.98 Å². The van der Waals surface area contributed by atoms with Crippen molar-refractivity contribution in [2.24, 2.45) is 5.73 Å². The van der Waals surface area contributed by atoms with Gasteiger partial charge in [-0.3, -0.25) is 0 Å². The van der Waals surface area contributed by atoms with Gasteiger partial charge in [-0.1, -0.05) is 36.9 Å². The Morgan fingerprint density at radius 3 is 2.16 bits per heavy atom. The lowest BCUT2D eigenvalue weighted by molar-refractivity contribution is 0.312. The molecule has 1 saturated heterocycles. The first kappa shape index (κ1) is 17.5. The summed E-state index contributed by atoms with van der Waals surface area (Å²) in [7, 11) is 2.17. The summed E-state index contributed by atoms with van der Waals surface area (Å²) < 4.78 is 0.